The molecule has 3 aromatic rings. The van der Waals surface area contributed by atoms with E-state index in [-0.39, 0.29) is 18.6 Å². The van der Waals surface area contributed by atoms with Crippen LogP contribution in [0.25, 0.3) is 21.0 Å². The molecular weight excluding hydrogens is 322 g/mol. The number of aliphatic hydroxyl groups is 1. The molecule has 0 fully saturated rings. The highest BCUT2D eigenvalue weighted by Gasteiger charge is 2.25. The molecule has 1 aliphatic heterocycles. The Labute approximate surface area is 134 Å². The monoisotopic (exact) mass is 333 g/mol. The number of aromatic nitrogens is 1. The molecule has 4 rings (SSSR count). The van der Waals surface area contributed by atoms with Gasteiger partial charge in [-0.05, 0) is 24.3 Å². The third kappa shape index (κ3) is 2.03. The molecule has 1 atom stereocenters. The van der Waals surface area contributed by atoms with Gasteiger partial charge in [0.2, 0.25) is 0 Å². The van der Waals surface area contributed by atoms with Crippen molar-refractivity contribution >= 4 is 55.5 Å². The first-order chi connectivity index (χ1) is 10.7. The molecule has 2 aromatic heterocycles. The predicted octanol–water partition coefficient (Wildman–Crippen LogP) is 2.62. The Morgan fingerprint density at radius 1 is 1.36 bits per heavy atom. The van der Waals surface area contributed by atoms with Crippen molar-refractivity contribution in [2.45, 2.75) is 6.04 Å². The van der Waals surface area contributed by atoms with E-state index in [0.717, 1.165) is 26.7 Å². The van der Waals surface area contributed by atoms with Gasteiger partial charge in [-0.2, -0.15) is 0 Å². The Bertz CT molecular complexity index is 909. The Kier molecular flexibility index (Phi) is 3.18. The molecule has 3 heterocycles. The molecule has 7 heteroatoms. The number of rotatable bonds is 1. The lowest BCUT2D eigenvalue weighted by molar-refractivity contribution is 0.0928. The van der Waals surface area contributed by atoms with Gasteiger partial charge in [0.25, 0.3) is 5.91 Å². The van der Waals surface area contributed by atoms with Crippen LogP contribution < -0.4 is 10.6 Å². The number of nitrogens with zero attached hydrogens (tertiary/aromatic N) is 1. The summed E-state index contributed by atoms with van der Waals surface area (Å²) in [6, 6.07) is 7.26. The van der Waals surface area contributed by atoms with E-state index >= 15 is 0 Å². The molecule has 22 heavy (non-hydrogen) atoms. The first-order valence-corrected chi connectivity index (χ1v) is 8.04. The molecule has 0 spiro atoms. The topological polar surface area (TPSA) is 74.2 Å². The van der Waals surface area contributed by atoms with Crippen LogP contribution in [0.1, 0.15) is 9.67 Å². The summed E-state index contributed by atoms with van der Waals surface area (Å²) in [7, 11) is 0. The number of benzene rings is 1. The van der Waals surface area contributed by atoms with E-state index in [1.54, 1.807) is 6.07 Å². The third-order valence-electron chi connectivity index (χ3n) is 3.78. The molecule has 112 valence electrons. The van der Waals surface area contributed by atoms with E-state index in [4.69, 9.17) is 11.6 Å². The molecule has 0 aliphatic carbocycles. The van der Waals surface area contributed by atoms with Gasteiger partial charge in [-0.25, -0.2) is 4.98 Å². The van der Waals surface area contributed by atoms with Gasteiger partial charge in [-0.15, -0.1) is 11.3 Å². The molecule has 0 unspecified atom stereocenters. The van der Waals surface area contributed by atoms with Crippen LogP contribution in [0.15, 0.2) is 24.3 Å². The summed E-state index contributed by atoms with van der Waals surface area (Å²) in [4.78, 5) is 17.3. The lowest BCUT2D eigenvalue weighted by Gasteiger charge is -2.12. The van der Waals surface area contributed by atoms with Crippen LogP contribution in [0.4, 0.5) is 5.69 Å². The Hall–Kier alpha value is -1.89. The van der Waals surface area contributed by atoms with Gasteiger partial charge < -0.3 is 15.7 Å². The van der Waals surface area contributed by atoms with Crippen molar-refractivity contribution in [3.63, 3.8) is 0 Å². The highest BCUT2D eigenvalue weighted by atomic mass is 35.5. The van der Waals surface area contributed by atoms with E-state index < -0.39 is 0 Å². The Morgan fingerprint density at radius 2 is 2.23 bits per heavy atom. The van der Waals surface area contributed by atoms with Gasteiger partial charge in [-0.1, -0.05) is 11.6 Å². The van der Waals surface area contributed by atoms with Crippen molar-refractivity contribution < 1.29 is 9.90 Å². The number of thiophene rings is 1. The number of amides is 1. The van der Waals surface area contributed by atoms with E-state index in [9.17, 15) is 9.90 Å². The predicted molar refractivity (Wildman–Crippen MR) is 89.0 cm³/mol. The van der Waals surface area contributed by atoms with Crippen molar-refractivity contribution in [2.75, 3.05) is 18.5 Å². The number of anilines is 1. The van der Waals surface area contributed by atoms with Crippen LogP contribution in [0.5, 0.6) is 0 Å². The van der Waals surface area contributed by atoms with Gasteiger partial charge in [-0.3, -0.25) is 4.79 Å². The van der Waals surface area contributed by atoms with E-state index in [1.165, 1.54) is 11.3 Å². The Balaban J connectivity index is 2.00. The van der Waals surface area contributed by atoms with Crippen molar-refractivity contribution in [3.8, 4) is 0 Å². The maximum Gasteiger partial charge on any atom is 0.263 e. The number of aliphatic hydroxyl groups excluding tert-OH is 1. The molecule has 1 amide bonds. The van der Waals surface area contributed by atoms with Gasteiger partial charge in [0.05, 0.1) is 23.9 Å². The first-order valence-electron chi connectivity index (χ1n) is 6.84. The smallest absolute Gasteiger partial charge is 0.263 e. The van der Waals surface area contributed by atoms with Crippen molar-refractivity contribution in [2.24, 2.45) is 0 Å². The summed E-state index contributed by atoms with van der Waals surface area (Å²) in [5, 5.41) is 17.8. The molecular formula is C15H12ClN3O2S. The summed E-state index contributed by atoms with van der Waals surface area (Å²) < 4.78 is 1.02. The summed E-state index contributed by atoms with van der Waals surface area (Å²) >= 11 is 7.39. The van der Waals surface area contributed by atoms with Gasteiger partial charge >= 0.3 is 0 Å². The second-order valence-electron chi connectivity index (χ2n) is 5.18. The fourth-order valence-electron chi connectivity index (χ4n) is 2.74. The fraction of sp³-hybridized carbons (Fsp3) is 0.200. The zero-order valence-corrected chi connectivity index (χ0v) is 13.0. The summed E-state index contributed by atoms with van der Waals surface area (Å²) in [5.41, 5.74) is 1.61. The standard InChI is InChI=1S/C15H12ClN3O2S/c16-11-4-1-8-9(19-11)2-3-10-12(8)13-14(22-10)15(21)18-7(6-20)5-17-13/h1-4,7,17,20H,5-6H2,(H,18,21)/t7-/m1/s1. The molecule has 0 radical (unpaired) electrons. The maximum atomic E-state index is 12.3. The number of fused-ring (bicyclic) bond motifs is 5. The van der Waals surface area contributed by atoms with E-state index in [2.05, 4.69) is 15.6 Å². The van der Waals surface area contributed by atoms with Crippen LogP contribution in [-0.4, -0.2) is 35.2 Å². The van der Waals surface area contributed by atoms with Crippen molar-refractivity contribution in [1.29, 1.82) is 0 Å². The quantitative estimate of drug-likeness (QED) is 0.598. The van der Waals surface area contributed by atoms with Crippen LogP contribution in [0, 0.1) is 0 Å². The highest BCUT2D eigenvalue weighted by Crippen LogP contribution is 2.40. The lowest BCUT2D eigenvalue weighted by Crippen LogP contribution is -2.39. The summed E-state index contributed by atoms with van der Waals surface area (Å²) in [5.74, 6) is -0.157. The van der Waals surface area contributed by atoms with E-state index in [0.29, 0.717) is 16.6 Å². The minimum absolute atomic E-state index is 0.0937. The molecule has 1 aliphatic rings. The lowest BCUT2D eigenvalue weighted by atomic mass is 10.1. The van der Waals surface area contributed by atoms with Crippen LogP contribution in [0.3, 0.4) is 0 Å². The Morgan fingerprint density at radius 3 is 3.05 bits per heavy atom. The maximum absolute atomic E-state index is 12.3. The molecule has 0 saturated heterocycles. The van der Waals surface area contributed by atoms with Crippen molar-refractivity contribution in [1.82, 2.24) is 10.3 Å². The van der Waals surface area contributed by atoms with Crippen molar-refractivity contribution in [3.05, 3.63) is 34.3 Å². The molecule has 0 saturated carbocycles. The first kappa shape index (κ1) is 13.8. The number of nitrogens with one attached hydrogen (secondary N) is 2. The zero-order valence-electron chi connectivity index (χ0n) is 11.4. The SMILES string of the molecule is O=C1N[C@@H](CO)CNc2c1sc1ccc3nc(Cl)ccc3c21. The number of carbonyl (C=O) groups is 1. The third-order valence-corrected chi connectivity index (χ3v) is 5.14. The second-order valence-corrected chi connectivity index (χ2v) is 6.62. The van der Waals surface area contributed by atoms with Crippen LogP contribution in [-0.2, 0) is 0 Å². The number of pyridine rings is 1. The minimum Gasteiger partial charge on any atom is -0.394 e. The number of hydrogen-bond donors (Lipinski definition) is 3. The highest BCUT2D eigenvalue weighted by molar-refractivity contribution is 7.21. The average molecular weight is 334 g/mol. The molecule has 5 nitrogen and oxygen atoms in total. The number of hydrogen-bond acceptors (Lipinski definition) is 5. The normalized spacial score (nSPS) is 17.9. The van der Waals surface area contributed by atoms with E-state index in [1.807, 2.05) is 18.2 Å². The largest absolute Gasteiger partial charge is 0.394 e. The fourth-order valence-corrected chi connectivity index (χ4v) is 3.99. The summed E-state index contributed by atoms with van der Waals surface area (Å²) in [6.45, 7) is 0.391. The van der Waals surface area contributed by atoms with Gasteiger partial charge in [0.1, 0.15) is 10.0 Å². The number of halogens is 1. The molecule has 1 aromatic carbocycles. The average Bonchev–Trinajstić information content (AvgIpc) is 2.82. The van der Waals surface area contributed by atoms with Crippen LogP contribution in [0.2, 0.25) is 5.15 Å². The van der Waals surface area contributed by atoms with Gasteiger partial charge in [0, 0.05) is 22.0 Å². The minimum atomic E-state index is -0.287. The van der Waals surface area contributed by atoms with Gasteiger partial charge in [0.15, 0.2) is 0 Å². The zero-order chi connectivity index (χ0) is 15.3. The number of carbonyl (C=O) groups excluding carboxylic acids is 1. The summed E-state index contributed by atoms with van der Waals surface area (Å²) in [6.07, 6.45) is 0. The molecule has 0 bridgehead atoms. The second kappa shape index (κ2) is 5.08. The molecule has 3 N–H and O–H groups in total. The van der Waals surface area contributed by atoms with Crippen LogP contribution >= 0.6 is 22.9 Å².